The van der Waals surface area contributed by atoms with Gasteiger partial charge in [0.1, 0.15) is 6.04 Å². The maximum Gasteiger partial charge on any atom is 0.329 e. The van der Waals surface area contributed by atoms with Crippen LogP contribution in [-0.4, -0.2) is 34.8 Å². The van der Waals surface area contributed by atoms with Crippen LogP contribution in [0, 0.1) is 6.92 Å². The Balaban J connectivity index is 1.67. The van der Waals surface area contributed by atoms with Crippen molar-refractivity contribution in [2.24, 2.45) is 0 Å². The number of carbonyl (C=O) groups is 3. The summed E-state index contributed by atoms with van der Waals surface area (Å²) < 4.78 is 5.32. The van der Waals surface area contributed by atoms with Gasteiger partial charge in [-0.25, -0.2) is 4.79 Å². The molecular weight excluding hydrogens is 356 g/mol. The molecule has 0 aliphatic rings. The summed E-state index contributed by atoms with van der Waals surface area (Å²) in [7, 11) is 0. The Morgan fingerprint density at radius 2 is 1.61 bits per heavy atom. The first kappa shape index (κ1) is 19.4. The van der Waals surface area contributed by atoms with Crippen LogP contribution in [0.3, 0.4) is 0 Å². The lowest BCUT2D eigenvalue weighted by molar-refractivity contribution is -0.148. The Hall–Kier alpha value is -3.41. The van der Waals surface area contributed by atoms with Gasteiger partial charge in [-0.3, -0.25) is 9.59 Å². The number of carbonyl (C=O) groups excluding carboxylic acids is 3. The van der Waals surface area contributed by atoms with Crippen LogP contribution < -0.4 is 5.32 Å². The lowest BCUT2D eigenvalue weighted by Crippen LogP contribution is -2.41. The molecule has 0 saturated heterocycles. The summed E-state index contributed by atoms with van der Waals surface area (Å²) in [6, 6.07) is 15.2. The van der Waals surface area contributed by atoms with E-state index in [0.29, 0.717) is 11.1 Å². The number of fused-ring (bicyclic) bond motifs is 1. The summed E-state index contributed by atoms with van der Waals surface area (Å²) in [4.78, 5) is 40.5. The molecule has 0 unspecified atom stereocenters. The van der Waals surface area contributed by atoms with Crippen molar-refractivity contribution in [3.05, 3.63) is 71.4 Å². The molecule has 1 heterocycles. The molecule has 3 aromatic rings. The number of aromatic amines is 1. The van der Waals surface area contributed by atoms with Crippen molar-refractivity contribution < 1.29 is 19.1 Å². The van der Waals surface area contributed by atoms with Crippen LogP contribution in [-0.2, 0) is 9.53 Å². The van der Waals surface area contributed by atoms with E-state index in [1.165, 1.54) is 13.8 Å². The Kier molecular flexibility index (Phi) is 5.59. The molecule has 0 bridgehead atoms. The number of ketones is 1. The second-order valence-electron chi connectivity index (χ2n) is 6.68. The minimum atomic E-state index is -0.971. The molecule has 6 heteroatoms. The van der Waals surface area contributed by atoms with Crippen LogP contribution in [0.1, 0.15) is 40.3 Å². The SMILES string of the molecule is Cc1[nH]c2ccccc2c1C(=O)[C@@H](C)OC(=O)[C@H](C)NC(=O)c1ccccc1. The van der Waals surface area contributed by atoms with Gasteiger partial charge in [-0.1, -0.05) is 36.4 Å². The van der Waals surface area contributed by atoms with Crippen LogP contribution in [0.15, 0.2) is 54.6 Å². The van der Waals surface area contributed by atoms with Crippen LogP contribution in [0.25, 0.3) is 10.9 Å². The van der Waals surface area contributed by atoms with Crippen molar-refractivity contribution in [1.82, 2.24) is 10.3 Å². The third kappa shape index (κ3) is 3.96. The average molecular weight is 378 g/mol. The zero-order valence-electron chi connectivity index (χ0n) is 16.0. The number of hydrogen-bond donors (Lipinski definition) is 2. The third-order valence-corrected chi connectivity index (χ3v) is 4.54. The zero-order valence-corrected chi connectivity index (χ0v) is 16.0. The largest absolute Gasteiger partial charge is 0.453 e. The van der Waals surface area contributed by atoms with Crippen LogP contribution >= 0.6 is 0 Å². The van der Waals surface area contributed by atoms with Gasteiger partial charge < -0.3 is 15.0 Å². The topological polar surface area (TPSA) is 88.3 Å². The molecule has 2 atom stereocenters. The molecule has 6 nitrogen and oxygen atoms in total. The maximum atomic E-state index is 12.9. The fourth-order valence-corrected chi connectivity index (χ4v) is 3.06. The van der Waals surface area contributed by atoms with E-state index in [4.69, 9.17) is 4.74 Å². The molecule has 0 spiro atoms. The molecule has 1 amide bonds. The zero-order chi connectivity index (χ0) is 20.3. The van der Waals surface area contributed by atoms with E-state index in [1.807, 2.05) is 31.2 Å². The van der Waals surface area contributed by atoms with E-state index in [1.54, 1.807) is 30.3 Å². The molecule has 0 aliphatic carbocycles. The van der Waals surface area contributed by atoms with Gasteiger partial charge in [0.2, 0.25) is 5.78 Å². The number of nitrogens with one attached hydrogen (secondary N) is 2. The predicted octanol–water partition coefficient (Wildman–Crippen LogP) is 3.41. The minimum Gasteiger partial charge on any atom is -0.453 e. The number of H-pyrrole nitrogens is 1. The van der Waals surface area contributed by atoms with Gasteiger partial charge >= 0.3 is 5.97 Å². The number of Topliss-reactive ketones (excluding diaryl/α,β-unsaturated/α-hetero) is 1. The van der Waals surface area contributed by atoms with E-state index in [0.717, 1.165) is 16.6 Å². The predicted molar refractivity (Wildman–Crippen MR) is 106 cm³/mol. The van der Waals surface area contributed by atoms with Crippen molar-refractivity contribution in [3.63, 3.8) is 0 Å². The Bertz CT molecular complexity index is 1020. The number of para-hydroxylation sites is 1. The Labute approximate surface area is 162 Å². The highest BCUT2D eigenvalue weighted by molar-refractivity contribution is 6.11. The third-order valence-electron chi connectivity index (χ3n) is 4.54. The minimum absolute atomic E-state index is 0.287. The summed E-state index contributed by atoms with van der Waals surface area (Å²) in [5.41, 5.74) is 2.53. The van der Waals surface area contributed by atoms with E-state index >= 15 is 0 Å². The fourth-order valence-electron chi connectivity index (χ4n) is 3.06. The monoisotopic (exact) mass is 378 g/mol. The van der Waals surface area contributed by atoms with Gasteiger partial charge in [-0.05, 0) is 39.0 Å². The summed E-state index contributed by atoms with van der Waals surface area (Å²) in [6.45, 7) is 4.87. The molecule has 2 aromatic carbocycles. The highest BCUT2D eigenvalue weighted by Crippen LogP contribution is 2.23. The van der Waals surface area contributed by atoms with E-state index in [-0.39, 0.29) is 11.7 Å². The second kappa shape index (κ2) is 8.08. The van der Waals surface area contributed by atoms with Gasteiger partial charge in [0, 0.05) is 27.7 Å². The first-order chi connectivity index (χ1) is 13.4. The Morgan fingerprint density at radius 3 is 2.32 bits per heavy atom. The number of rotatable bonds is 6. The van der Waals surface area contributed by atoms with E-state index in [9.17, 15) is 14.4 Å². The van der Waals surface area contributed by atoms with E-state index < -0.39 is 18.1 Å². The van der Waals surface area contributed by atoms with Crippen molar-refractivity contribution in [2.45, 2.75) is 32.9 Å². The lowest BCUT2D eigenvalue weighted by atomic mass is 10.0. The molecule has 144 valence electrons. The van der Waals surface area contributed by atoms with Crippen molar-refractivity contribution in [3.8, 4) is 0 Å². The quantitative estimate of drug-likeness (QED) is 0.508. The number of aryl methyl sites for hydroxylation is 1. The van der Waals surface area contributed by atoms with Gasteiger partial charge in [0.15, 0.2) is 6.10 Å². The van der Waals surface area contributed by atoms with Crippen LogP contribution in [0.5, 0.6) is 0 Å². The molecule has 1 aromatic heterocycles. The highest BCUT2D eigenvalue weighted by Gasteiger charge is 2.27. The van der Waals surface area contributed by atoms with Gasteiger partial charge in [0.25, 0.3) is 5.91 Å². The molecular formula is C22H22N2O4. The fraction of sp³-hybridized carbons (Fsp3) is 0.227. The number of hydrogen-bond acceptors (Lipinski definition) is 4. The lowest BCUT2D eigenvalue weighted by Gasteiger charge is -2.17. The van der Waals surface area contributed by atoms with E-state index in [2.05, 4.69) is 10.3 Å². The van der Waals surface area contributed by atoms with Crippen LogP contribution in [0.2, 0.25) is 0 Å². The normalized spacial score (nSPS) is 13.0. The van der Waals surface area contributed by atoms with Crippen molar-refractivity contribution in [2.75, 3.05) is 0 Å². The average Bonchev–Trinajstić information content (AvgIpc) is 3.03. The second-order valence-corrected chi connectivity index (χ2v) is 6.68. The van der Waals surface area contributed by atoms with Gasteiger partial charge in [-0.15, -0.1) is 0 Å². The Morgan fingerprint density at radius 1 is 0.964 bits per heavy atom. The molecule has 28 heavy (non-hydrogen) atoms. The summed E-state index contributed by atoms with van der Waals surface area (Å²) in [5.74, 6) is -1.33. The standard InChI is InChI=1S/C22H22N2O4/c1-13-19(17-11-7-8-12-18(17)23-13)20(25)15(3)28-22(27)14(2)24-21(26)16-9-5-4-6-10-16/h4-12,14-15,23H,1-3H3,(H,24,26)/t14-,15+/m0/s1. The molecule has 0 radical (unpaired) electrons. The van der Waals surface area contributed by atoms with Crippen molar-refractivity contribution >= 4 is 28.6 Å². The van der Waals surface area contributed by atoms with Gasteiger partial charge in [-0.2, -0.15) is 0 Å². The summed E-state index contributed by atoms with van der Waals surface area (Å²) in [5, 5.41) is 3.38. The molecule has 3 rings (SSSR count). The molecule has 0 aliphatic heterocycles. The number of benzene rings is 2. The molecule has 0 saturated carbocycles. The van der Waals surface area contributed by atoms with Crippen molar-refractivity contribution in [1.29, 1.82) is 0 Å². The summed E-state index contributed by atoms with van der Waals surface area (Å²) >= 11 is 0. The number of esters is 1. The van der Waals surface area contributed by atoms with Crippen LogP contribution in [0.4, 0.5) is 0 Å². The number of aromatic nitrogens is 1. The maximum absolute atomic E-state index is 12.9. The smallest absolute Gasteiger partial charge is 0.329 e. The molecule has 2 N–H and O–H groups in total. The van der Waals surface area contributed by atoms with Gasteiger partial charge in [0.05, 0.1) is 0 Å². The summed E-state index contributed by atoms with van der Waals surface area (Å²) in [6.07, 6.45) is -0.971. The number of ether oxygens (including phenoxy) is 1. The first-order valence-corrected chi connectivity index (χ1v) is 9.06. The first-order valence-electron chi connectivity index (χ1n) is 9.06. The highest BCUT2D eigenvalue weighted by atomic mass is 16.5. The number of amides is 1. The molecule has 0 fully saturated rings.